The van der Waals surface area contributed by atoms with Gasteiger partial charge in [-0.15, -0.1) is 0 Å². The van der Waals surface area contributed by atoms with Crippen LogP contribution in [0.4, 0.5) is 8.78 Å². The SMILES string of the molecule is NC1CC12CC(C(=O)OCc1ccccc1F)C1C(C(=O)OCc3ccccc3F)C12. The third-order valence-electron chi connectivity index (χ3n) is 7.21. The Labute approximate surface area is 178 Å². The van der Waals surface area contributed by atoms with Gasteiger partial charge in [0.15, 0.2) is 0 Å². The maximum Gasteiger partial charge on any atom is 0.309 e. The Morgan fingerprint density at radius 1 is 0.903 bits per heavy atom. The number of rotatable bonds is 6. The van der Waals surface area contributed by atoms with Crippen LogP contribution in [0.2, 0.25) is 0 Å². The number of carbonyl (C=O) groups is 2. The number of esters is 2. The van der Waals surface area contributed by atoms with E-state index < -0.39 is 35.4 Å². The summed E-state index contributed by atoms with van der Waals surface area (Å²) in [5, 5.41) is 0. The second-order valence-corrected chi connectivity index (χ2v) is 8.88. The number of hydrogen-bond acceptors (Lipinski definition) is 5. The quantitative estimate of drug-likeness (QED) is 0.716. The molecular formula is C24H23F2NO4. The summed E-state index contributed by atoms with van der Waals surface area (Å²) >= 11 is 0. The maximum absolute atomic E-state index is 13.8. The molecule has 3 aliphatic rings. The Hall–Kier alpha value is -2.80. The molecule has 6 atom stereocenters. The highest BCUT2D eigenvalue weighted by atomic mass is 19.1. The van der Waals surface area contributed by atoms with Gasteiger partial charge in [-0.05, 0) is 42.2 Å². The number of fused-ring (bicyclic) bond motifs is 2. The number of nitrogens with two attached hydrogens (primary N) is 1. The Morgan fingerprint density at radius 2 is 1.42 bits per heavy atom. The van der Waals surface area contributed by atoms with Crippen molar-refractivity contribution >= 4 is 11.9 Å². The monoisotopic (exact) mass is 427 g/mol. The molecule has 3 fully saturated rings. The van der Waals surface area contributed by atoms with Crippen LogP contribution in [0.25, 0.3) is 0 Å². The van der Waals surface area contributed by atoms with E-state index in [0.717, 1.165) is 6.42 Å². The van der Waals surface area contributed by atoms with Gasteiger partial charge in [0.1, 0.15) is 24.8 Å². The minimum atomic E-state index is -0.462. The molecule has 31 heavy (non-hydrogen) atoms. The van der Waals surface area contributed by atoms with Crippen molar-refractivity contribution in [3.63, 3.8) is 0 Å². The zero-order chi connectivity index (χ0) is 21.8. The summed E-state index contributed by atoms with van der Waals surface area (Å²) in [4.78, 5) is 25.5. The molecule has 162 valence electrons. The molecule has 0 saturated heterocycles. The highest BCUT2D eigenvalue weighted by Crippen LogP contribution is 2.77. The van der Waals surface area contributed by atoms with E-state index in [1.807, 2.05) is 0 Å². The molecule has 6 unspecified atom stereocenters. The number of halogens is 2. The molecule has 0 radical (unpaired) electrons. The lowest BCUT2D eigenvalue weighted by Gasteiger charge is -2.18. The van der Waals surface area contributed by atoms with Crippen molar-refractivity contribution in [1.82, 2.24) is 0 Å². The number of hydrogen-bond donors (Lipinski definition) is 1. The highest BCUT2D eigenvalue weighted by Gasteiger charge is 2.79. The molecule has 0 amide bonds. The Morgan fingerprint density at radius 3 is 1.94 bits per heavy atom. The third-order valence-corrected chi connectivity index (χ3v) is 7.21. The van der Waals surface area contributed by atoms with Crippen LogP contribution in [-0.2, 0) is 32.3 Å². The topological polar surface area (TPSA) is 78.6 Å². The van der Waals surface area contributed by atoms with Crippen LogP contribution >= 0.6 is 0 Å². The van der Waals surface area contributed by atoms with E-state index >= 15 is 0 Å². The van der Waals surface area contributed by atoms with Crippen molar-refractivity contribution < 1.29 is 27.8 Å². The van der Waals surface area contributed by atoms with E-state index in [1.165, 1.54) is 12.1 Å². The van der Waals surface area contributed by atoms with Crippen LogP contribution in [0.5, 0.6) is 0 Å². The van der Waals surface area contributed by atoms with Crippen LogP contribution in [-0.4, -0.2) is 18.0 Å². The molecule has 0 bridgehead atoms. The standard InChI is InChI=1S/C24H23F2NO4/c25-16-7-3-1-5-13(16)11-30-22(28)15-9-24(10-18(24)27)21-19(15)20(21)23(29)31-12-14-6-2-4-8-17(14)26/h1-8,15,18-21H,9-12,27H2. The second-order valence-electron chi connectivity index (χ2n) is 8.88. The molecule has 5 rings (SSSR count). The second kappa shape index (κ2) is 7.41. The third kappa shape index (κ3) is 3.41. The fourth-order valence-corrected chi connectivity index (χ4v) is 5.50. The number of benzene rings is 2. The lowest BCUT2D eigenvalue weighted by Crippen LogP contribution is -2.26. The predicted octanol–water partition coefficient (Wildman–Crippen LogP) is 3.35. The zero-order valence-corrected chi connectivity index (χ0v) is 16.8. The van der Waals surface area contributed by atoms with Crippen molar-refractivity contribution in [2.45, 2.75) is 32.1 Å². The van der Waals surface area contributed by atoms with Crippen LogP contribution < -0.4 is 5.73 Å². The number of ether oxygens (including phenoxy) is 2. The molecule has 1 spiro atoms. The number of carbonyl (C=O) groups excluding carboxylic acids is 2. The van der Waals surface area contributed by atoms with Gasteiger partial charge in [-0.2, -0.15) is 0 Å². The predicted molar refractivity (Wildman–Crippen MR) is 106 cm³/mol. The van der Waals surface area contributed by atoms with Gasteiger partial charge in [0.25, 0.3) is 0 Å². The molecule has 3 saturated carbocycles. The van der Waals surface area contributed by atoms with Gasteiger partial charge in [0, 0.05) is 17.2 Å². The maximum atomic E-state index is 13.8. The highest BCUT2D eigenvalue weighted by molar-refractivity contribution is 5.82. The zero-order valence-electron chi connectivity index (χ0n) is 16.8. The van der Waals surface area contributed by atoms with Gasteiger partial charge in [-0.25, -0.2) is 8.78 Å². The minimum absolute atomic E-state index is 0.0124. The van der Waals surface area contributed by atoms with Gasteiger partial charge >= 0.3 is 11.9 Å². The molecular weight excluding hydrogens is 404 g/mol. The minimum Gasteiger partial charge on any atom is -0.460 e. The van der Waals surface area contributed by atoms with Crippen molar-refractivity contribution in [3.8, 4) is 0 Å². The lowest BCUT2D eigenvalue weighted by atomic mass is 9.90. The van der Waals surface area contributed by atoms with Crippen LogP contribution in [0.3, 0.4) is 0 Å². The summed E-state index contributed by atoms with van der Waals surface area (Å²) in [6.45, 7) is -0.302. The molecule has 7 heteroatoms. The van der Waals surface area contributed by atoms with E-state index in [-0.39, 0.29) is 36.5 Å². The molecule has 5 nitrogen and oxygen atoms in total. The summed E-state index contributed by atoms with van der Waals surface area (Å²) in [7, 11) is 0. The van der Waals surface area contributed by atoms with E-state index in [4.69, 9.17) is 15.2 Å². The van der Waals surface area contributed by atoms with E-state index in [2.05, 4.69) is 0 Å². The van der Waals surface area contributed by atoms with Crippen LogP contribution in [0, 0.1) is 40.7 Å². The van der Waals surface area contributed by atoms with Crippen molar-refractivity contribution in [2.75, 3.05) is 0 Å². The average Bonchev–Trinajstić information content (AvgIpc) is 3.61. The van der Waals surface area contributed by atoms with Gasteiger partial charge in [-0.1, -0.05) is 36.4 Å². The molecule has 0 heterocycles. The molecule has 2 N–H and O–H groups in total. The van der Waals surface area contributed by atoms with Crippen molar-refractivity contribution in [3.05, 3.63) is 71.3 Å². The van der Waals surface area contributed by atoms with E-state index in [1.54, 1.807) is 36.4 Å². The first-order chi connectivity index (χ1) is 14.9. The summed E-state index contributed by atoms with van der Waals surface area (Å²) in [5.74, 6) is -2.81. The van der Waals surface area contributed by atoms with Gasteiger partial charge in [0.2, 0.25) is 0 Å². The van der Waals surface area contributed by atoms with Gasteiger partial charge in [0.05, 0.1) is 11.8 Å². The van der Waals surface area contributed by atoms with Crippen molar-refractivity contribution in [2.24, 2.45) is 34.8 Å². The Kier molecular flexibility index (Phi) is 4.81. The molecule has 0 aliphatic heterocycles. The van der Waals surface area contributed by atoms with Gasteiger partial charge in [-0.3, -0.25) is 9.59 Å². The first-order valence-electron chi connectivity index (χ1n) is 10.5. The Bertz CT molecular complexity index is 1040. The fraction of sp³-hybridized carbons (Fsp3) is 0.417. The first kappa shape index (κ1) is 20.1. The summed E-state index contributed by atoms with van der Waals surface area (Å²) in [5.41, 5.74) is 6.55. The van der Waals surface area contributed by atoms with Gasteiger partial charge < -0.3 is 15.2 Å². The van der Waals surface area contributed by atoms with Crippen molar-refractivity contribution in [1.29, 1.82) is 0 Å². The molecule has 0 aromatic heterocycles. The first-order valence-corrected chi connectivity index (χ1v) is 10.5. The van der Waals surface area contributed by atoms with Crippen LogP contribution in [0.1, 0.15) is 24.0 Å². The Balaban J connectivity index is 1.24. The van der Waals surface area contributed by atoms with E-state index in [0.29, 0.717) is 17.5 Å². The summed E-state index contributed by atoms with van der Waals surface area (Å²) < 4.78 is 38.4. The molecule has 2 aromatic carbocycles. The molecule has 2 aromatic rings. The largest absolute Gasteiger partial charge is 0.460 e. The normalized spacial score (nSPS) is 32.4. The summed E-state index contributed by atoms with van der Waals surface area (Å²) in [6.07, 6.45) is 1.35. The van der Waals surface area contributed by atoms with E-state index in [9.17, 15) is 18.4 Å². The average molecular weight is 427 g/mol. The smallest absolute Gasteiger partial charge is 0.309 e. The fourth-order valence-electron chi connectivity index (χ4n) is 5.50. The summed E-state index contributed by atoms with van der Waals surface area (Å²) in [6, 6.07) is 12.2. The van der Waals surface area contributed by atoms with Crippen LogP contribution in [0.15, 0.2) is 48.5 Å². The molecule has 3 aliphatic carbocycles. The lowest BCUT2D eigenvalue weighted by molar-refractivity contribution is -0.152.